The van der Waals surface area contributed by atoms with E-state index in [9.17, 15) is 0 Å². The van der Waals surface area contributed by atoms with Gasteiger partial charge in [0.1, 0.15) is 11.8 Å². The molecule has 1 aromatic heterocycles. The number of nitrogens with zero attached hydrogens (tertiary/aromatic N) is 4. The lowest BCUT2D eigenvalue weighted by molar-refractivity contribution is 1.16. The SMILES string of the molecule is Cc1c(C#N)cncc1N=Nc1ccccc1. The fourth-order valence-corrected chi connectivity index (χ4v) is 1.33. The number of azo groups is 1. The lowest BCUT2D eigenvalue weighted by Crippen LogP contribution is -1.84. The van der Waals surface area contributed by atoms with Crippen molar-refractivity contribution >= 4 is 11.4 Å². The molecule has 0 fully saturated rings. The highest BCUT2D eigenvalue weighted by Crippen LogP contribution is 2.22. The largest absolute Gasteiger partial charge is 0.261 e. The molecule has 0 atom stereocenters. The summed E-state index contributed by atoms with van der Waals surface area (Å²) in [5.41, 5.74) is 2.71. The van der Waals surface area contributed by atoms with Gasteiger partial charge in [-0.1, -0.05) is 18.2 Å². The molecule has 0 N–H and O–H groups in total. The van der Waals surface area contributed by atoms with Crippen LogP contribution in [0.4, 0.5) is 11.4 Å². The number of rotatable bonds is 2. The average molecular weight is 222 g/mol. The molecule has 0 amide bonds. The Labute approximate surface area is 99.3 Å². The molecule has 0 aliphatic rings. The van der Waals surface area contributed by atoms with Crippen LogP contribution < -0.4 is 0 Å². The van der Waals surface area contributed by atoms with Crippen LogP contribution >= 0.6 is 0 Å². The van der Waals surface area contributed by atoms with E-state index >= 15 is 0 Å². The summed E-state index contributed by atoms with van der Waals surface area (Å²) in [6.45, 7) is 1.83. The predicted octanol–water partition coefficient (Wildman–Crippen LogP) is 3.68. The molecule has 0 radical (unpaired) electrons. The number of pyridine rings is 1. The van der Waals surface area contributed by atoms with Gasteiger partial charge >= 0.3 is 0 Å². The Balaban J connectivity index is 2.32. The third-order valence-electron chi connectivity index (χ3n) is 2.34. The Morgan fingerprint density at radius 3 is 2.59 bits per heavy atom. The first-order chi connectivity index (χ1) is 8.31. The molecule has 0 saturated heterocycles. The van der Waals surface area contributed by atoms with Crippen molar-refractivity contribution in [3.63, 3.8) is 0 Å². The Kier molecular flexibility index (Phi) is 3.22. The number of hydrogen-bond donors (Lipinski definition) is 0. The van der Waals surface area contributed by atoms with Gasteiger partial charge in [-0.05, 0) is 24.6 Å². The van der Waals surface area contributed by atoms with Crippen LogP contribution in [0.5, 0.6) is 0 Å². The second-order valence-electron chi connectivity index (χ2n) is 3.48. The summed E-state index contributed by atoms with van der Waals surface area (Å²) in [6, 6.07) is 11.5. The van der Waals surface area contributed by atoms with Gasteiger partial charge in [-0.15, -0.1) is 5.11 Å². The van der Waals surface area contributed by atoms with E-state index < -0.39 is 0 Å². The lowest BCUT2D eigenvalue weighted by Gasteiger charge is -1.99. The van der Waals surface area contributed by atoms with Crippen molar-refractivity contribution in [2.75, 3.05) is 0 Å². The van der Waals surface area contributed by atoms with E-state index in [0.717, 1.165) is 11.3 Å². The molecule has 1 heterocycles. The van der Waals surface area contributed by atoms with Gasteiger partial charge in [0.2, 0.25) is 0 Å². The van der Waals surface area contributed by atoms with Crippen LogP contribution in [0.15, 0.2) is 53.0 Å². The zero-order chi connectivity index (χ0) is 12.1. The second-order valence-corrected chi connectivity index (χ2v) is 3.48. The van der Waals surface area contributed by atoms with Crippen molar-refractivity contribution in [3.8, 4) is 6.07 Å². The first-order valence-corrected chi connectivity index (χ1v) is 5.13. The molecular weight excluding hydrogens is 212 g/mol. The molecule has 4 nitrogen and oxygen atoms in total. The van der Waals surface area contributed by atoms with E-state index in [2.05, 4.69) is 21.3 Å². The fourth-order valence-electron chi connectivity index (χ4n) is 1.33. The van der Waals surface area contributed by atoms with Gasteiger partial charge in [-0.2, -0.15) is 10.4 Å². The third kappa shape index (κ3) is 2.52. The van der Waals surface area contributed by atoms with Crippen LogP contribution in [0.3, 0.4) is 0 Å². The van der Waals surface area contributed by atoms with Crippen LogP contribution in [-0.2, 0) is 0 Å². The zero-order valence-corrected chi connectivity index (χ0v) is 9.33. The Morgan fingerprint density at radius 1 is 1.12 bits per heavy atom. The maximum absolute atomic E-state index is 8.87. The van der Waals surface area contributed by atoms with E-state index in [1.54, 1.807) is 6.20 Å². The van der Waals surface area contributed by atoms with Crippen molar-refractivity contribution in [1.29, 1.82) is 5.26 Å². The van der Waals surface area contributed by atoms with Crippen molar-refractivity contribution < 1.29 is 0 Å². The molecule has 2 aromatic rings. The molecule has 82 valence electrons. The molecule has 0 aliphatic heterocycles. The third-order valence-corrected chi connectivity index (χ3v) is 2.34. The van der Waals surface area contributed by atoms with Gasteiger partial charge in [0.15, 0.2) is 0 Å². The minimum Gasteiger partial charge on any atom is -0.261 e. The first-order valence-electron chi connectivity index (χ1n) is 5.13. The Hall–Kier alpha value is -2.54. The molecule has 0 aliphatic carbocycles. The van der Waals surface area contributed by atoms with Crippen molar-refractivity contribution in [2.24, 2.45) is 10.2 Å². The maximum Gasteiger partial charge on any atom is 0.108 e. The van der Waals surface area contributed by atoms with E-state index in [4.69, 9.17) is 5.26 Å². The number of aromatic nitrogens is 1. The van der Waals surface area contributed by atoms with Crippen LogP contribution in [0.1, 0.15) is 11.1 Å². The summed E-state index contributed by atoms with van der Waals surface area (Å²) in [5.74, 6) is 0. The Morgan fingerprint density at radius 2 is 1.88 bits per heavy atom. The molecule has 2 rings (SSSR count). The molecule has 0 bridgehead atoms. The maximum atomic E-state index is 8.87. The standard InChI is InChI=1S/C13H10N4/c1-10-11(7-14)8-15-9-13(10)17-16-12-5-3-2-4-6-12/h2-6,8-9H,1H3. The molecule has 0 spiro atoms. The summed E-state index contributed by atoms with van der Waals surface area (Å²) >= 11 is 0. The monoisotopic (exact) mass is 222 g/mol. The van der Waals surface area contributed by atoms with Gasteiger partial charge in [-0.25, -0.2) is 0 Å². The number of hydrogen-bond acceptors (Lipinski definition) is 4. The minimum atomic E-state index is 0.523. The van der Waals surface area contributed by atoms with Crippen LogP contribution in [0, 0.1) is 18.3 Å². The van der Waals surface area contributed by atoms with Crippen LogP contribution in [-0.4, -0.2) is 4.98 Å². The normalized spacial score (nSPS) is 10.4. The van der Waals surface area contributed by atoms with Gasteiger partial charge in [0, 0.05) is 6.20 Å². The van der Waals surface area contributed by atoms with Crippen LogP contribution in [0.25, 0.3) is 0 Å². The van der Waals surface area contributed by atoms with Gasteiger partial charge in [-0.3, -0.25) is 4.98 Å². The summed E-state index contributed by atoms with van der Waals surface area (Å²) < 4.78 is 0. The summed E-state index contributed by atoms with van der Waals surface area (Å²) in [7, 11) is 0. The highest BCUT2D eigenvalue weighted by Gasteiger charge is 2.02. The number of benzene rings is 1. The lowest BCUT2D eigenvalue weighted by atomic mass is 10.1. The fraction of sp³-hybridized carbons (Fsp3) is 0.0769. The van der Waals surface area contributed by atoms with Crippen LogP contribution in [0.2, 0.25) is 0 Å². The van der Waals surface area contributed by atoms with E-state index in [0.29, 0.717) is 11.3 Å². The van der Waals surface area contributed by atoms with E-state index in [1.807, 2.05) is 37.3 Å². The van der Waals surface area contributed by atoms with Crippen molar-refractivity contribution in [2.45, 2.75) is 6.92 Å². The molecular formula is C13H10N4. The first kappa shape index (κ1) is 11.0. The Bertz CT molecular complexity index is 582. The number of nitriles is 1. The highest BCUT2D eigenvalue weighted by atomic mass is 15.1. The predicted molar refractivity (Wildman–Crippen MR) is 64.3 cm³/mol. The average Bonchev–Trinajstić information content (AvgIpc) is 2.39. The van der Waals surface area contributed by atoms with Gasteiger partial charge < -0.3 is 0 Å². The molecule has 0 saturated carbocycles. The topological polar surface area (TPSA) is 61.4 Å². The smallest absolute Gasteiger partial charge is 0.108 e. The quantitative estimate of drug-likeness (QED) is 0.727. The zero-order valence-electron chi connectivity index (χ0n) is 9.33. The molecule has 17 heavy (non-hydrogen) atoms. The molecule has 1 aromatic carbocycles. The highest BCUT2D eigenvalue weighted by molar-refractivity contribution is 5.51. The van der Waals surface area contributed by atoms with Gasteiger partial charge in [0.25, 0.3) is 0 Å². The summed E-state index contributed by atoms with van der Waals surface area (Å²) in [5, 5.41) is 17.1. The van der Waals surface area contributed by atoms with Crippen molar-refractivity contribution in [3.05, 3.63) is 53.9 Å². The molecule has 0 unspecified atom stereocenters. The minimum absolute atomic E-state index is 0.523. The summed E-state index contributed by atoms with van der Waals surface area (Å²) in [4.78, 5) is 3.95. The van der Waals surface area contributed by atoms with Crippen molar-refractivity contribution in [1.82, 2.24) is 4.98 Å². The second kappa shape index (κ2) is 4.99. The summed E-state index contributed by atoms with van der Waals surface area (Å²) in [6.07, 6.45) is 3.12. The van der Waals surface area contributed by atoms with E-state index in [-0.39, 0.29) is 0 Å². The van der Waals surface area contributed by atoms with E-state index in [1.165, 1.54) is 6.20 Å². The van der Waals surface area contributed by atoms with Gasteiger partial charge in [0.05, 0.1) is 17.4 Å². The molecule has 4 heteroatoms.